The van der Waals surface area contributed by atoms with Gasteiger partial charge in [-0.1, -0.05) is 13.8 Å². The molecule has 2 unspecified atom stereocenters. The van der Waals surface area contributed by atoms with Gasteiger partial charge in [-0.25, -0.2) is 0 Å². The Labute approximate surface area is 120 Å². The van der Waals surface area contributed by atoms with Gasteiger partial charge in [0.15, 0.2) is 0 Å². The number of hydrogen-bond acceptors (Lipinski definition) is 3. The van der Waals surface area contributed by atoms with E-state index in [0.29, 0.717) is 12.1 Å². The number of nitrogens with one attached hydrogen (secondary N) is 1. The summed E-state index contributed by atoms with van der Waals surface area (Å²) < 4.78 is 5.89. The van der Waals surface area contributed by atoms with Crippen LogP contribution in [0.4, 0.5) is 0 Å². The SMILES string of the molecule is CCCNC(C)CCCN1CCCC(OCCC)C1. The van der Waals surface area contributed by atoms with Gasteiger partial charge in [0, 0.05) is 19.2 Å². The highest BCUT2D eigenvalue weighted by molar-refractivity contribution is 4.74. The third-order valence-corrected chi connectivity index (χ3v) is 3.87. The maximum Gasteiger partial charge on any atom is 0.0702 e. The van der Waals surface area contributed by atoms with E-state index in [1.165, 1.54) is 45.2 Å². The van der Waals surface area contributed by atoms with Crippen molar-refractivity contribution in [2.24, 2.45) is 0 Å². The summed E-state index contributed by atoms with van der Waals surface area (Å²) in [7, 11) is 0. The lowest BCUT2D eigenvalue weighted by Crippen LogP contribution is -2.40. The molecule has 1 fully saturated rings. The van der Waals surface area contributed by atoms with Crippen molar-refractivity contribution in [3.8, 4) is 0 Å². The zero-order valence-corrected chi connectivity index (χ0v) is 13.3. The van der Waals surface area contributed by atoms with E-state index in [9.17, 15) is 0 Å². The van der Waals surface area contributed by atoms with Crippen molar-refractivity contribution in [3.63, 3.8) is 0 Å². The average molecular weight is 270 g/mol. The van der Waals surface area contributed by atoms with Gasteiger partial charge in [0.1, 0.15) is 0 Å². The molecule has 0 aliphatic carbocycles. The molecule has 0 bridgehead atoms. The first-order valence-electron chi connectivity index (χ1n) is 8.33. The summed E-state index contributed by atoms with van der Waals surface area (Å²) in [6, 6.07) is 0.664. The number of likely N-dealkylation sites (tertiary alicyclic amines) is 1. The Balaban J connectivity index is 2.08. The quantitative estimate of drug-likeness (QED) is 0.660. The minimum atomic E-state index is 0.490. The van der Waals surface area contributed by atoms with Crippen LogP contribution in [0.15, 0.2) is 0 Å². The molecule has 19 heavy (non-hydrogen) atoms. The Morgan fingerprint density at radius 3 is 2.89 bits per heavy atom. The molecule has 3 nitrogen and oxygen atoms in total. The Bertz CT molecular complexity index is 211. The Hall–Kier alpha value is -0.120. The van der Waals surface area contributed by atoms with E-state index in [0.717, 1.165) is 26.1 Å². The number of nitrogens with zero attached hydrogens (tertiary/aromatic N) is 1. The summed E-state index contributed by atoms with van der Waals surface area (Å²) in [5.41, 5.74) is 0. The van der Waals surface area contributed by atoms with Gasteiger partial charge >= 0.3 is 0 Å². The maximum atomic E-state index is 5.89. The van der Waals surface area contributed by atoms with Crippen LogP contribution in [-0.4, -0.2) is 49.8 Å². The Morgan fingerprint density at radius 1 is 1.32 bits per heavy atom. The molecule has 0 aromatic carbocycles. The largest absolute Gasteiger partial charge is 0.377 e. The number of ether oxygens (including phenoxy) is 1. The number of piperidine rings is 1. The van der Waals surface area contributed by atoms with Gasteiger partial charge in [0.05, 0.1) is 6.10 Å². The highest BCUT2D eigenvalue weighted by Gasteiger charge is 2.19. The molecule has 1 heterocycles. The van der Waals surface area contributed by atoms with Crippen LogP contribution in [0.5, 0.6) is 0 Å². The van der Waals surface area contributed by atoms with Gasteiger partial charge < -0.3 is 15.0 Å². The smallest absolute Gasteiger partial charge is 0.0702 e. The summed E-state index contributed by atoms with van der Waals surface area (Å²) in [6.45, 7) is 12.5. The zero-order valence-electron chi connectivity index (χ0n) is 13.3. The van der Waals surface area contributed by atoms with E-state index >= 15 is 0 Å². The molecule has 1 N–H and O–H groups in total. The molecule has 3 heteroatoms. The van der Waals surface area contributed by atoms with Crippen LogP contribution < -0.4 is 5.32 Å². The minimum Gasteiger partial charge on any atom is -0.377 e. The fraction of sp³-hybridized carbons (Fsp3) is 1.00. The van der Waals surface area contributed by atoms with Gasteiger partial charge in [-0.05, 0) is 65.1 Å². The molecule has 0 aromatic rings. The summed E-state index contributed by atoms with van der Waals surface area (Å²) in [5.74, 6) is 0. The van der Waals surface area contributed by atoms with Gasteiger partial charge in [-0.3, -0.25) is 0 Å². The maximum absolute atomic E-state index is 5.89. The molecule has 0 radical (unpaired) electrons. The second-order valence-corrected chi connectivity index (χ2v) is 5.93. The third kappa shape index (κ3) is 7.91. The standard InChI is InChI=1S/C16H34N2O/c1-4-10-17-15(3)8-6-11-18-12-7-9-16(14-18)19-13-5-2/h15-17H,4-14H2,1-3H3. The van der Waals surface area contributed by atoms with Crippen molar-refractivity contribution in [1.29, 1.82) is 0 Å². The number of rotatable bonds is 10. The molecule has 114 valence electrons. The Morgan fingerprint density at radius 2 is 2.16 bits per heavy atom. The van der Waals surface area contributed by atoms with Gasteiger partial charge in [-0.2, -0.15) is 0 Å². The van der Waals surface area contributed by atoms with E-state index in [1.54, 1.807) is 0 Å². The van der Waals surface area contributed by atoms with Crippen LogP contribution in [0.25, 0.3) is 0 Å². The van der Waals surface area contributed by atoms with Crippen molar-refractivity contribution >= 4 is 0 Å². The summed E-state index contributed by atoms with van der Waals surface area (Å²) >= 11 is 0. The van der Waals surface area contributed by atoms with Gasteiger partial charge in [0.25, 0.3) is 0 Å². The molecular formula is C16H34N2O. The van der Waals surface area contributed by atoms with Crippen molar-refractivity contribution in [1.82, 2.24) is 10.2 Å². The van der Waals surface area contributed by atoms with Gasteiger partial charge in [0.2, 0.25) is 0 Å². The predicted molar refractivity (Wildman–Crippen MR) is 82.7 cm³/mol. The van der Waals surface area contributed by atoms with E-state index in [1.807, 2.05) is 0 Å². The lowest BCUT2D eigenvalue weighted by molar-refractivity contribution is -0.000446. The van der Waals surface area contributed by atoms with Gasteiger partial charge in [-0.15, -0.1) is 0 Å². The summed E-state index contributed by atoms with van der Waals surface area (Å²) in [6.07, 6.45) is 8.01. The minimum absolute atomic E-state index is 0.490. The molecule has 1 rings (SSSR count). The Kier molecular flexibility index (Phi) is 9.48. The summed E-state index contributed by atoms with van der Waals surface area (Å²) in [5, 5.41) is 3.56. The summed E-state index contributed by atoms with van der Waals surface area (Å²) in [4.78, 5) is 2.59. The van der Waals surface area contributed by atoms with E-state index < -0.39 is 0 Å². The number of hydrogen-bond donors (Lipinski definition) is 1. The zero-order chi connectivity index (χ0) is 13.9. The van der Waals surface area contributed by atoms with Crippen molar-refractivity contribution < 1.29 is 4.74 Å². The highest BCUT2D eigenvalue weighted by atomic mass is 16.5. The van der Waals surface area contributed by atoms with Crippen LogP contribution in [0.3, 0.4) is 0 Å². The molecule has 2 atom stereocenters. The van der Waals surface area contributed by atoms with Crippen LogP contribution in [-0.2, 0) is 4.74 Å². The first kappa shape index (κ1) is 16.9. The van der Waals surface area contributed by atoms with Crippen molar-refractivity contribution in [3.05, 3.63) is 0 Å². The molecule has 0 spiro atoms. The van der Waals surface area contributed by atoms with E-state index in [-0.39, 0.29) is 0 Å². The first-order valence-corrected chi connectivity index (χ1v) is 8.33. The van der Waals surface area contributed by atoms with Crippen LogP contribution in [0.1, 0.15) is 59.3 Å². The molecule has 1 saturated heterocycles. The van der Waals surface area contributed by atoms with E-state index in [4.69, 9.17) is 4.74 Å². The predicted octanol–water partition coefficient (Wildman–Crippen LogP) is 3.05. The third-order valence-electron chi connectivity index (χ3n) is 3.87. The second-order valence-electron chi connectivity index (χ2n) is 5.93. The molecule has 1 aliphatic rings. The fourth-order valence-electron chi connectivity index (χ4n) is 2.75. The van der Waals surface area contributed by atoms with Crippen LogP contribution >= 0.6 is 0 Å². The monoisotopic (exact) mass is 270 g/mol. The molecule has 0 aromatic heterocycles. The fourth-order valence-corrected chi connectivity index (χ4v) is 2.75. The topological polar surface area (TPSA) is 24.5 Å². The average Bonchev–Trinajstić information content (AvgIpc) is 2.43. The normalized spacial score (nSPS) is 22.6. The second kappa shape index (κ2) is 10.6. The highest BCUT2D eigenvalue weighted by Crippen LogP contribution is 2.14. The molecular weight excluding hydrogens is 236 g/mol. The molecule has 0 amide bonds. The molecule has 0 saturated carbocycles. The lowest BCUT2D eigenvalue weighted by Gasteiger charge is -2.32. The first-order chi connectivity index (χ1) is 9.26. The van der Waals surface area contributed by atoms with Crippen molar-refractivity contribution in [2.75, 3.05) is 32.8 Å². The van der Waals surface area contributed by atoms with Crippen LogP contribution in [0.2, 0.25) is 0 Å². The van der Waals surface area contributed by atoms with Crippen LogP contribution in [0, 0.1) is 0 Å². The van der Waals surface area contributed by atoms with E-state index in [2.05, 4.69) is 31.0 Å². The molecule has 1 aliphatic heterocycles. The van der Waals surface area contributed by atoms with Crippen molar-refractivity contribution in [2.45, 2.75) is 71.4 Å². The lowest BCUT2D eigenvalue weighted by atomic mass is 10.1.